The van der Waals surface area contributed by atoms with E-state index >= 15 is 0 Å². The third-order valence-corrected chi connectivity index (χ3v) is 3.30. The molecule has 1 aromatic heterocycles. The van der Waals surface area contributed by atoms with Crippen LogP contribution in [0, 0.1) is 6.92 Å². The number of anilines is 1. The SMILES string of the molecule is Cc1ccccc1SCC(=O)Nc1ncn[nH]1. The van der Waals surface area contributed by atoms with Gasteiger partial charge < -0.3 is 0 Å². The van der Waals surface area contributed by atoms with E-state index in [0.29, 0.717) is 11.7 Å². The lowest BCUT2D eigenvalue weighted by molar-refractivity contribution is -0.113. The van der Waals surface area contributed by atoms with Gasteiger partial charge in [0.2, 0.25) is 11.9 Å². The van der Waals surface area contributed by atoms with Gasteiger partial charge in [0, 0.05) is 4.90 Å². The standard InChI is InChI=1S/C11H12N4OS/c1-8-4-2-3-5-9(8)17-6-10(16)14-11-12-7-13-15-11/h2-5,7H,6H2,1H3,(H2,12,13,14,15,16). The van der Waals surface area contributed by atoms with Gasteiger partial charge in [0.25, 0.3) is 0 Å². The Hall–Kier alpha value is -1.82. The number of rotatable bonds is 4. The summed E-state index contributed by atoms with van der Waals surface area (Å²) >= 11 is 1.50. The summed E-state index contributed by atoms with van der Waals surface area (Å²) in [6.07, 6.45) is 1.35. The van der Waals surface area contributed by atoms with E-state index in [4.69, 9.17) is 0 Å². The zero-order valence-electron chi connectivity index (χ0n) is 9.30. The predicted molar refractivity (Wildman–Crippen MR) is 66.9 cm³/mol. The summed E-state index contributed by atoms with van der Waals surface area (Å²) in [6, 6.07) is 7.97. The molecular formula is C11H12N4OS. The number of thioether (sulfide) groups is 1. The minimum absolute atomic E-state index is 0.102. The monoisotopic (exact) mass is 248 g/mol. The van der Waals surface area contributed by atoms with Gasteiger partial charge in [-0.3, -0.25) is 10.1 Å². The molecule has 0 unspecified atom stereocenters. The number of amides is 1. The molecule has 1 amide bonds. The highest BCUT2D eigenvalue weighted by Crippen LogP contribution is 2.21. The molecule has 2 aromatic rings. The van der Waals surface area contributed by atoms with Crippen LogP contribution >= 0.6 is 11.8 Å². The Balaban J connectivity index is 1.86. The number of aromatic nitrogens is 3. The molecule has 0 radical (unpaired) electrons. The summed E-state index contributed by atoms with van der Waals surface area (Å²) in [5.41, 5.74) is 1.17. The van der Waals surface area contributed by atoms with Crippen LogP contribution in [0.5, 0.6) is 0 Å². The highest BCUT2D eigenvalue weighted by atomic mass is 32.2. The fourth-order valence-electron chi connectivity index (χ4n) is 1.30. The summed E-state index contributed by atoms with van der Waals surface area (Å²) in [5, 5.41) is 8.85. The van der Waals surface area contributed by atoms with E-state index in [-0.39, 0.29) is 5.91 Å². The van der Waals surface area contributed by atoms with Crippen LogP contribution in [-0.4, -0.2) is 26.8 Å². The number of aromatic amines is 1. The van der Waals surface area contributed by atoms with Gasteiger partial charge in [0.05, 0.1) is 5.75 Å². The van der Waals surface area contributed by atoms with Crippen molar-refractivity contribution < 1.29 is 4.79 Å². The lowest BCUT2D eigenvalue weighted by atomic mass is 10.2. The van der Waals surface area contributed by atoms with Gasteiger partial charge in [-0.15, -0.1) is 11.8 Å². The van der Waals surface area contributed by atoms with Crippen LogP contribution in [0.15, 0.2) is 35.5 Å². The van der Waals surface area contributed by atoms with Crippen LogP contribution in [0.3, 0.4) is 0 Å². The van der Waals surface area contributed by atoms with Crippen molar-refractivity contribution in [3.8, 4) is 0 Å². The van der Waals surface area contributed by atoms with Gasteiger partial charge >= 0.3 is 0 Å². The van der Waals surface area contributed by atoms with Crippen LogP contribution in [0.1, 0.15) is 5.56 Å². The van der Waals surface area contributed by atoms with Gasteiger partial charge in [-0.05, 0) is 18.6 Å². The fourth-order valence-corrected chi connectivity index (χ4v) is 2.12. The molecule has 0 aliphatic heterocycles. The number of H-pyrrole nitrogens is 1. The van der Waals surface area contributed by atoms with Crippen molar-refractivity contribution in [2.75, 3.05) is 11.1 Å². The molecule has 6 heteroatoms. The van der Waals surface area contributed by atoms with Crippen LogP contribution in [0.4, 0.5) is 5.95 Å². The van der Waals surface area contributed by atoms with Gasteiger partial charge in [0.15, 0.2) is 0 Å². The number of benzene rings is 1. The molecule has 88 valence electrons. The minimum atomic E-state index is -0.102. The van der Waals surface area contributed by atoms with Gasteiger partial charge in [-0.25, -0.2) is 5.10 Å². The van der Waals surface area contributed by atoms with E-state index in [2.05, 4.69) is 20.5 Å². The molecule has 0 bridgehead atoms. The second kappa shape index (κ2) is 5.49. The summed E-state index contributed by atoms with van der Waals surface area (Å²) in [6.45, 7) is 2.02. The number of hydrogen-bond donors (Lipinski definition) is 2. The first-order valence-electron chi connectivity index (χ1n) is 5.09. The van der Waals surface area contributed by atoms with Crippen molar-refractivity contribution in [3.05, 3.63) is 36.2 Å². The molecular weight excluding hydrogens is 236 g/mol. The van der Waals surface area contributed by atoms with Crippen molar-refractivity contribution in [1.29, 1.82) is 0 Å². The quantitative estimate of drug-likeness (QED) is 0.810. The molecule has 0 fully saturated rings. The molecule has 0 aliphatic rings. The van der Waals surface area contributed by atoms with Crippen molar-refractivity contribution >= 4 is 23.6 Å². The second-order valence-corrected chi connectivity index (χ2v) is 4.45. The lowest BCUT2D eigenvalue weighted by Gasteiger charge is -2.04. The third kappa shape index (κ3) is 3.32. The molecule has 0 aliphatic carbocycles. The number of aryl methyl sites for hydroxylation is 1. The Morgan fingerprint density at radius 3 is 3.00 bits per heavy atom. The molecule has 2 rings (SSSR count). The molecule has 17 heavy (non-hydrogen) atoms. The number of hydrogen-bond acceptors (Lipinski definition) is 4. The zero-order chi connectivity index (χ0) is 12.1. The fraction of sp³-hybridized carbons (Fsp3) is 0.182. The number of nitrogens with zero attached hydrogens (tertiary/aromatic N) is 2. The molecule has 0 atom stereocenters. The summed E-state index contributed by atoms with van der Waals surface area (Å²) in [5.74, 6) is 0.626. The smallest absolute Gasteiger partial charge is 0.237 e. The van der Waals surface area contributed by atoms with Crippen molar-refractivity contribution in [1.82, 2.24) is 15.2 Å². The predicted octanol–water partition coefficient (Wildman–Crippen LogP) is 1.84. The number of carbonyl (C=O) groups is 1. The molecule has 0 spiro atoms. The maximum absolute atomic E-state index is 11.6. The Morgan fingerprint density at radius 2 is 2.29 bits per heavy atom. The maximum Gasteiger partial charge on any atom is 0.237 e. The van der Waals surface area contributed by atoms with E-state index in [9.17, 15) is 4.79 Å². The van der Waals surface area contributed by atoms with Crippen LogP contribution in [-0.2, 0) is 4.79 Å². The summed E-state index contributed by atoms with van der Waals surface area (Å²) < 4.78 is 0. The lowest BCUT2D eigenvalue weighted by Crippen LogP contribution is -2.15. The first-order valence-corrected chi connectivity index (χ1v) is 6.08. The molecule has 0 saturated carbocycles. The first kappa shape index (κ1) is 11.7. The summed E-state index contributed by atoms with van der Waals surface area (Å²) in [7, 11) is 0. The van der Waals surface area contributed by atoms with Crippen molar-refractivity contribution in [2.45, 2.75) is 11.8 Å². The molecule has 5 nitrogen and oxygen atoms in total. The van der Waals surface area contributed by atoms with E-state index < -0.39 is 0 Å². The Labute approximate surface area is 103 Å². The Morgan fingerprint density at radius 1 is 1.47 bits per heavy atom. The summed E-state index contributed by atoms with van der Waals surface area (Å²) in [4.78, 5) is 16.5. The minimum Gasteiger partial charge on any atom is -0.294 e. The number of nitrogens with one attached hydrogen (secondary N) is 2. The van der Waals surface area contributed by atoms with Crippen molar-refractivity contribution in [2.24, 2.45) is 0 Å². The third-order valence-electron chi connectivity index (χ3n) is 2.13. The van der Waals surface area contributed by atoms with Crippen molar-refractivity contribution in [3.63, 3.8) is 0 Å². The average molecular weight is 248 g/mol. The van der Waals surface area contributed by atoms with E-state index in [1.807, 2.05) is 31.2 Å². The van der Waals surface area contributed by atoms with E-state index in [0.717, 1.165) is 4.90 Å². The Kier molecular flexibility index (Phi) is 3.77. The van der Waals surface area contributed by atoms with Crippen LogP contribution < -0.4 is 5.32 Å². The van der Waals surface area contributed by atoms with Gasteiger partial charge in [0.1, 0.15) is 6.33 Å². The van der Waals surface area contributed by atoms with E-state index in [1.165, 1.54) is 23.7 Å². The highest BCUT2D eigenvalue weighted by Gasteiger charge is 2.06. The second-order valence-electron chi connectivity index (χ2n) is 3.44. The zero-order valence-corrected chi connectivity index (χ0v) is 10.1. The molecule has 2 N–H and O–H groups in total. The Bertz CT molecular complexity index is 498. The number of carbonyl (C=O) groups excluding carboxylic acids is 1. The topological polar surface area (TPSA) is 70.7 Å². The molecule has 1 heterocycles. The van der Waals surface area contributed by atoms with Crippen LogP contribution in [0.2, 0.25) is 0 Å². The van der Waals surface area contributed by atoms with Crippen LogP contribution in [0.25, 0.3) is 0 Å². The van der Waals surface area contributed by atoms with Gasteiger partial charge in [-0.1, -0.05) is 18.2 Å². The largest absolute Gasteiger partial charge is 0.294 e. The highest BCUT2D eigenvalue weighted by molar-refractivity contribution is 8.00. The van der Waals surface area contributed by atoms with E-state index in [1.54, 1.807) is 0 Å². The maximum atomic E-state index is 11.6. The van der Waals surface area contributed by atoms with Gasteiger partial charge in [-0.2, -0.15) is 10.1 Å². The first-order chi connectivity index (χ1) is 8.25. The molecule has 0 saturated heterocycles. The average Bonchev–Trinajstić information content (AvgIpc) is 2.81. The normalized spacial score (nSPS) is 10.2. The molecule has 1 aromatic carbocycles.